The minimum absolute atomic E-state index is 0.0383. The van der Waals surface area contributed by atoms with E-state index in [0.717, 1.165) is 15.4 Å². The van der Waals surface area contributed by atoms with E-state index in [0.29, 0.717) is 24.5 Å². The van der Waals surface area contributed by atoms with Gasteiger partial charge in [-0.3, -0.25) is 13.9 Å². The van der Waals surface area contributed by atoms with Crippen LogP contribution in [0.3, 0.4) is 0 Å². The minimum Gasteiger partial charge on any atom is -0.497 e. The average molecular weight is 658 g/mol. The Bertz CT molecular complexity index is 1700. The summed E-state index contributed by atoms with van der Waals surface area (Å²) in [6.45, 7) is 5.69. The van der Waals surface area contributed by atoms with E-state index in [9.17, 15) is 18.0 Å². The van der Waals surface area contributed by atoms with Crippen LogP contribution in [0.5, 0.6) is 11.5 Å². The highest BCUT2D eigenvalue weighted by molar-refractivity contribution is 7.92. The van der Waals surface area contributed by atoms with Gasteiger partial charge in [0, 0.05) is 19.0 Å². The number of ether oxygens (including phenoxy) is 2. The summed E-state index contributed by atoms with van der Waals surface area (Å²) < 4.78 is 40.4. The van der Waals surface area contributed by atoms with Gasteiger partial charge < -0.3 is 19.7 Å². The van der Waals surface area contributed by atoms with E-state index in [1.54, 1.807) is 61.7 Å². The second-order valence-corrected chi connectivity index (χ2v) is 13.0. The Morgan fingerprint density at radius 1 is 0.809 bits per heavy atom. The summed E-state index contributed by atoms with van der Waals surface area (Å²) in [6.07, 6.45) is 0.932. The van der Waals surface area contributed by atoms with Gasteiger partial charge in [0.1, 0.15) is 24.1 Å². The van der Waals surface area contributed by atoms with E-state index in [1.807, 2.05) is 63.2 Å². The molecule has 10 heteroatoms. The third kappa shape index (κ3) is 9.36. The molecule has 2 amide bonds. The van der Waals surface area contributed by atoms with Gasteiger partial charge in [-0.25, -0.2) is 8.42 Å². The molecule has 0 aliphatic rings. The van der Waals surface area contributed by atoms with Crippen molar-refractivity contribution in [3.63, 3.8) is 0 Å². The molecule has 4 aromatic rings. The predicted molar refractivity (Wildman–Crippen MR) is 184 cm³/mol. The molecular formula is C37H43N3O6S. The number of methoxy groups -OCH3 is 1. The van der Waals surface area contributed by atoms with E-state index in [1.165, 1.54) is 17.0 Å². The highest BCUT2D eigenvalue weighted by atomic mass is 32.2. The monoisotopic (exact) mass is 657 g/mol. The summed E-state index contributed by atoms with van der Waals surface area (Å²) in [5.74, 6) is 0.310. The molecule has 0 spiro atoms. The summed E-state index contributed by atoms with van der Waals surface area (Å²) in [4.78, 5) is 30.1. The number of sulfonamides is 1. The lowest BCUT2D eigenvalue weighted by atomic mass is 10.0. The van der Waals surface area contributed by atoms with Crippen LogP contribution in [-0.2, 0) is 32.6 Å². The Morgan fingerprint density at radius 3 is 2.06 bits per heavy atom. The second kappa shape index (κ2) is 16.6. The molecule has 1 N–H and O–H groups in total. The Labute approximate surface area is 278 Å². The van der Waals surface area contributed by atoms with Crippen molar-refractivity contribution in [3.8, 4) is 11.5 Å². The van der Waals surface area contributed by atoms with Crippen LogP contribution in [0.15, 0.2) is 114 Å². The molecule has 0 aliphatic carbocycles. The van der Waals surface area contributed by atoms with Crippen LogP contribution in [0.4, 0.5) is 5.69 Å². The van der Waals surface area contributed by atoms with Gasteiger partial charge in [-0.05, 0) is 79.9 Å². The van der Waals surface area contributed by atoms with Gasteiger partial charge in [0.05, 0.1) is 24.3 Å². The molecule has 0 radical (unpaired) electrons. The van der Waals surface area contributed by atoms with Crippen molar-refractivity contribution in [2.45, 2.75) is 57.1 Å². The number of hydrogen-bond donors (Lipinski definition) is 1. The van der Waals surface area contributed by atoms with Gasteiger partial charge in [0.2, 0.25) is 11.8 Å². The zero-order valence-electron chi connectivity index (χ0n) is 27.3. The first-order chi connectivity index (χ1) is 22.7. The fraction of sp³-hybridized carbons (Fsp3) is 0.297. The van der Waals surface area contributed by atoms with Crippen molar-refractivity contribution in [1.29, 1.82) is 0 Å². The Kier molecular flexibility index (Phi) is 12.4. The van der Waals surface area contributed by atoms with Crippen LogP contribution in [-0.4, -0.2) is 57.5 Å². The van der Waals surface area contributed by atoms with E-state index < -0.39 is 28.5 Å². The molecule has 0 bridgehead atoms. The number of amides is 2. The van der Waals surface area contributed by atoms with Crippen LogP contribution >= 0.6 is 0 Å². The molecule has 4 rings (SSSR count). The summed E-state index contributed by atoms with van der Waals surface area (Å²) in [5, 5.41) is 3.05. The zero-order chi connectivity index (χ0) is 33.8. The second-order valence-electron chi connectivity index (χ2n) is 11.1. The largest absolute Gasteiger partial charge is 0.497 e. The number of rotatable bonds is 16. The van der Waals surface area contributed by atoms with Crippen molar-refractivity contribution >= 4 is 27.5 Å². The molecule has 9 nitrogen and oxygen atoms in total. The molecule has 0 heterocycles. The van der Waals surface area contributed by atoms with Crippen molar-refractivity contribution in [1.82, 2.24) is 10.2 Å². The highest BCUT2D eigenvalue weighted by Crippen LogP contribution is 2.27. The van der Waals surface area contributed by atoms with E-state index >= 15 is 0 Å². The lowest BCUT2D eigenvalue weighted by molar-refractivity contribution is -0.140. The first kappa shape index (κ1) is 35.0. The number of nitrogens with zero attached hydrogens (tertiary/aromatic N) is 2. The number of nitrogens with one attached hydrogen (secondary N) is 1. The van der Waals surface area contributed by atoms with Crippen molar-refractivity contribution in [2.75, 3.05) is 24.6 Å². The van der Waals surface area contributed by atoms with Crippen molar-refractivity contribution < 1.29 is 27.5 Å². The van der Waals surface area contributed by atoms with Crippen LogP contribution in [0, 0.1) is 0 Å². The van der Waals surface area contributed by atoms with Gasteiger partial charge in [-0.2, -0.15) is 0 Å². The Hall–Kier alpha value is -4.83. The van der Waals surface area contributed by atoms with Crippen LogP contribution in [0.1, 0.15) is 38.3 Å². The molecule has 2 atom stereocenters. The standard InChI is InChI=1S/C37H43N3O6S/c1-5-28(3)38-37(42)35(25-29-14-9-7-10-15-29)39(26-30-16-13-17-33(24-30)45-4)36(41)27-40(31-20-22-32(23-21-31)46-6-2)47(43,44)34-18-11-8-12-19-34/h7-24,28,35H,5-6,25-27H2,1-4H3,(H,38,42). The number of carbonyl (C=O) groups excluding carboxylic acids is 2. The fourth-order valence-corrected chi connectivity index (χ4v) is 6.52. The first-order valence-electron chi connectivity index (χ1n) is 15.7. The average Bonchev–Trinajstić information content (AvgIpc) is 3.10. The van der Waals surface area contributed by atoms with E-state index in [4.69, 9.17) is 9.47 Å². The zero-order valence-corrected chi connectivity index (χ0v) is 28.2. The highest BCUT2D eigenvalue weighted by Gasteiger charge is 2.35. The minimum atomic E-state index is -4.19. The summed E-state index contributed by atoms with van der Waals surface area (Å²) in [5.41, 5.74) is 1.88. The Morgan fingerprint density at radius 2 is 1.45 bits per heavy atom. The van der Waals surface area contributed by atoms with Crippen LogP contribution < -0.4 is 19.1 Å². The predicted octanol–water partition coefficient (Wildman–Crippen LogP) is 5.84. The quantitative estimate of drug-likeness (QED) is 0.162. The molecule has 2 unspecified atom stereocenters. The Balaban J connectivity index is 1.81. The van der Waals surface area contributed by atoms with Crippen molar-refractivity contribution in [2.24, 2.45) is 0 Å². The first-order valence-corrected chi connectivity index (χ1v) is 17.2. The van der Waals surface area contributed by atoms with Crippen molar-refractivity contribution in [3.05, 3.63) is 120 Å². The number of benzene rings is 4. The maximum absolute atomic E-state index is 14.6. The normalized spacial score (nSPS) is 12.4. The molecule has 0 saturated carbocycles. The number of carbonyl (C=O) groups is 2. The lowest BCUT2D eigenvalue weighted by Gasteiger charge is -2.34. The fourth-order valence-electron chi connectivity index (χ4n) is 5.09. The van der Waals surface area contributed by atoms with Crippen LogP contribution in [0.2, 0.25) is 0 Å². The molecule has 0 aromatic heterocycles. The third-order valence-corrected chi connectivity index (χ3v) is 9.59. The SMILES string of the molecule is CCOc1ccc(N(CC(=O)N(Cc2cccc(OC)c2)C(Cc2ccccc2)C(=O)NC(C)CC)S(=O)(=O)c2ccccc2)cc1. The van der Waals surface area contributed by atoms with Gasteiger partial charge >= 0.3 is 0 Å². The third-order valence-electron chi connectivity index (χ3n) is 7.80. The van der Waals surface area contributed by atoms with E-state index in [-0.39, 0.29) is 35.5 Å². The summed E-state index contributed by atoms with van der Waals surface area (Å²) >= 11 is 0. The lowest BCUT2D eigenvalue weighted by Crippen LogP contribution is -2.54. The maximum atomic E-state index is 14.6. The molecule has 47 heavy (non-hydrogen) atoms. The summed E-state index contributed by atoms with van der Waals surface area (Å²) in [7, 11) is -2.64. The summed E-state index contributed by atoms with van der Waals surface area (Å²) in [6, 6.07) is 30.2. The van der Waals surface area contributed by atoms with Crippen LogP contribution in [0.25, 0.3) is 0 Å². The molecular weight excluding hydrogens is 614 g/mol. The smallest absolute Gasteiger partial charge is 0.264 e. The van der Waals surface area contributed by atoms with Gasteiger partial charge in [0.25, 0.3) is 10.0 Å². The molecule has 4 aromatic carbocycles. The molecule has 0 aliphatic heterocycles. The van der Waals surface area contributed by atoms with Gasteiger partial charge in [0.15, 0.2) is 0 Å². The molecule has 0 saturated heterocycles. The van der Waals surface area contributed by atoms with Gasteiger partial charge in [-0.15, -0.1) is 0 Å². The maximum Gasteiger partial charge on any atom is 0.264 e. The molecule has 0 fully saturated rings. The number of anilines is 1. The number of hydrogen-bond acceptors (Lipinski definition) is 6. The van der Waals surface area contributed by atoms with E-state index in [2.05, 4.69) is 5.32 Å². The topological polar surface area (TPSA) is 105 Å². The molecule has 248 valence electrons. The van der Waals surface area contributed by atoms with Gasteiger partial charge in [-0.1, -0.05) is 67.6 Å².